The van der Waals surface area contributed by atoms with Crippen LogP contribution in [0, 0.1) is 5.92 Å². The van der Waals surface area contributed by atoms with E-state index in [9.17, 15) is 4.79 Å². The monoisotopic (exact) mass is 316 g/mol. The fourth-order valence-corrected chi connectivity index (χ4v) is 3.93. The van der Waals surface area contributed by atoms with Crippen LogP contribution in [-0.2, 0) is 11.2 Å². The second-order valence-electron chi connectivity index (χ2n) is 6.92. The largest absolute Gasteiger partial charge is 0.379 e. The first-order valence-electron chi connectivity index (χ1n) is 8.85. The highest BCUT2D eigenvalue weighted by molar-refractivity contribution is 5.73. The molecule has 3 heterocycles. The van der Waals surface area contributed by atoms with Crippen LogP contribution in [0.4, 0.5) is 0 Å². The van der Waals surface area contributed by atoms with Gasteiger partial charge >= 0.3 is 0 Å². The van der Waals surface area contributed by atoms with Gasteiger partial charge in [-0.2, -0.15) is 5.10 Å². The van der Waals surface area contributed by atoms with Gasteiger partial charge in [-0.15, -0.1) is 0 Å². The zero-order valence-corrected chi connectivity index (χ0v) is 13.5. The van der Waals surface area contributed by atoms with E-state index in [1.165, 1.54) is 32.1 Å². The van der Waals surface area contributed by atoms with Crippen LogP contribution in [0.5, 0.6) is 0 Å². The first-order valence-corrected chi connectivity index (χ1v) is 8.85. The number of H-pyrrole nitrogens is 1. The Morgan fingerprint density at radius 2 is 2.09 bits per heavy atom. The molecule has 2 aromatic heterocycles. The molecule has 2 aliphatic rings. The van der Waals surface area contributed by atoms with Crippen LogP contribution >= 0.6 is 0 Å². The normalized spacial score (nSPS) is 23.4. The Morgan fingerprint density at radius 3 is 2.87 bits per heavy atom. The molecule has 0 radical (unpaired) electrons. The van der Waals surface area contributed by atoms with Crippen LogP contribution < -0.4 is 5.56 Å². The van der Waals surface area contributed by atoms with E-state index in [1.54, 1.807) is 6.20 Å². The van der Waals surface area contributed by atoms with Gasteiger partial charge in [0.2, 0.25) is 0 Å². The number of aromatic nitrogens is 4. The summed E-state index contributed by atoms with van der Waals surface area (Å²) in [4.78, 5) is 20.1. The van der Waals surface area contributed by atoms with E-state index in [4.69, 9.17) is 9.72 Å². The first-order chi connectivity index (χ1) is 11.3. The molecule has 1 aliphatic carbocycles. The average Bonchev–Trinajstić information content (AvgIpc) is 3.01. The Bertz CT molecular complexity index is 724. The highest BCUT2D eigenvalue weighted by atomic mass is 16.5. The lowest BCUT2D eigenvalue weighted by Crippen LogP contribution is -2.23. The second kappa shape index (κ2) is 6.43. The van der Waals surface area contributed by atoms with Crippen molar-refractivity contribution >= 4 is 11.0 Å². The maximum atomic E-state index is 12.4. The minimum Gasteiger partial charge on any atom is -0.379 e. The summed E-state index contributed by atoms with van der Waals surface area (Å²) in [6, 6.07) is 0.193. The third-order valence-corrected chi connectivity index (χ3v) is 5.20. The van der Waals surface area contributed by atoms with E-state index >= 15 is 0 Å². The third kappa shape index (κ3) is 3.04. The third-order valence-electron chi connectivity index (χ3n) is 5.20. The Hall–Kier alpha value is -1.69. The van der Waals surface area contributed by atoms with Crippen LogP contribution in [0.15, 0.2) is 11.0 Å². The van der Waals surface area contributed by atoms with Crippen molar-refractivity contribution in [1.82, 2.24) is 19.7 Å². The predicted octanol–water partition coefficient (Wildman–Crippen LogP) is 2.59. The quantitative estimate of drug-likeness (QED) is 0.944. The smallest absolute Gasteiger partial charge is 0.262 e. The van der Waals surface area contributed by atoms with Crippen molar-refractivity contribution in [2.75, 3.05) is 13.2 Å². The van der Waals surface area contributed by atoms with Crippen molar-refractivity contribution in [1.29, 1.82) is 0 Å². The maximum absolute atomic E-state index is 12.4. The molecule has 0 bridgehead atoms. The number of aromatic amines is 1. The Labute approximate surface area is 135 Å². The number of hydrogen-bond donors (Lipinski definition) is 1. The van der Waals surface area contributed by atoms with Crippen LogP contribution in [0.3, 0.4) is 0 Å². The highest BCUT2D eigenvalue weighted by Gasteiger charge is 2.21. The number of nitrogens with one attached hydrogen (secondary N) is 1. The topological polar surface area (TPSA) is 72.8 Å². The molecule has 1 unspecified atom stereocenters. The van der Waals surface area contributed by atoms with Crippen molar-refractivity contribution in [3.8, 4) is 0 Å². The summed E-state index contributed by atoms with van der Waals surface area (Å²) in [5, 5.41) is 5.01. The summed E-state index contributed by atoms with van der Waals surface area (Å²) in [6.45, 7) is 1.47. The van der Waals surface area contributed by atoms with Gasteiger partial charge in [-0.1, -0.05) is 32.1 Å². The first kappa shape index (κ1) is 14.9. The molecule has 1 N–H and O–H groups in total. The second-order valence-corrected chi connectivity index (χ2v) is 6.92. The minimum atomic E-state index is -0.0659. The molecule has 1 saturated carbocycles. The van der Waals surface area contributed by atoms with Crippen LogP contribution in [-0.4, -0.2) is 33.0 Å². The van der Waals surface area contributed by atoms with Crippen molar-refractivity contribution in [2.45, 2.75) is 57.4 Å². The van der Waals surface area contributed by atoms with E-state index in [0.29, 0.717) is 17.9 Å². The summed E-state index contributed by atoms with van der Waals surface area (Å²) >= 11 is 0. The SMILES string of the molecule is O=c1[nH]c(CC2CCCCC2)nc2c1cnn2C1CCCOC1. The molecule has 6 heteroatoms. The number of rotatable bonds is 3. The molecular formula is C17H24N4O2. The molecule has 1 saturated heterocycles. The molecule has 1 atom stereocenters. The lowest BCUT2D eigenvalue weighted by atomic mass is 9.87. The van der Waals surface area contributed by atoms with Crippen LogP contribution in [0.1, 0.15) is 56.8 Å². The predicted molar refractivity (Wildman–Crippen MR) is 87.5 cm³/mol. The van der Waals surface area contributed by atoms with Gasteiger partial charge in [0.1, 0.15) is 11.2 Å². The van der Waals surface area contributed by atoms with E-state index in [2.05, 4.69) is 10.1 Å². The van der Waals surface area contributed by atoms with Crippen molar-refractivity contribution in [3.63, 3.8) is 0 Å². The summed E-state index contributed by atoms with van der Waals surface area (Å²) in [6.07, 6.45) is 11.0. The van der Waals surface area contributed by atoms with E-state index in [0.717, 1.165) is 37.3 Å². The van der Waals surface area contributed by atoms with E-state index in [-0.39, 0.29) is 11.6 Å². The van der Waals surface area contributed by atoms with E-state index in [1.807, 2.05) is 4.68 Å². The lowest BCUT2D eigenvalue weighted by Gasteiger charge is -2.23. The molecular weight excluding hydrogens is 292 g/mol. The Balaban J connectivity index is 1.65. The summed E-state index contributed by atoms with van der Waals surface area (Å²) < 4.78 is 7.46. The zero-order chi connectivity index (χ0) is 15.6. The number of hydrogen-bond acceptors (Lipinski definition) is 4. The molecule has 23 heavy (non-hydrogen) atoms. The average molecular weight is 316 g/mol. The van der Waals surface area contributed by atoms with Gasteiger partial charge in [-0.3, -0.25) is 4.79 Å². The minimum absolute atomic E-state index is 0.0659. The van der Waals surface area contributed by atoms with Crippen molar-refractivity contribution in [2.24, 2.45) is 5.92 Å². The van der Waals surface area contributed by atoms with Gasteiger partial charge in [0.15, 0.2) is 5.65 Å². The van der Waals surface area contributed by atoms with Crippen molar-refractivity contribution < 1.29 is 4.74 Å². The van der Waals surface area contributed by atoms with Gasteiger partial charge in [-0.25, -0.2) is 9.67 Å². The summed E-state index contributed by atoms with van der Waals surface area (Å²) in [5.74, 6) is 1.46. The highest BCUT2D eigenvalue weighted by Crippen LogP contribution is 2.26. The lowest BCUT2D eigenvalue weighted by molar-refractivity contribution is 0.0563. The van der Waals surface area contributed by atoms with Gasteiger partial charge in [0.25, 0.3) is 5.56 Å². The Kier molecular flexibility index (Phi) is 4.16. The summed E-state index contributed by atoms with van der Waals surface area (Å²) in [5.41, 5.74) is 0.652. The Morgan fingerprint density at radius 1 is 1.22 bits per heavy atom. The summed E-state index contributed by atoms with van der Waals surface area (Å²) in [7, 11) is 0. The van der Waals surface area contributed by atoms with Gasteiger partial charge in [0, 0.05) is 13.0 Å². The number of fused-ring (bicyclic) bond motifs is 1. The van der Waals surface area contributed by atoms with Crippen LogP contribution in [0.2, 0.25) is 0 Å². The number of ether oxygens (including phenoxy) is 1. The maximum Gasteiger partial charge on any atom is 0.262 e. The molecule has 124 valence electrons. The molecule has 0 amide bonds. The molecule has 6 nitrogen and oxygen atoms in total. The van der Waals surface area contributed by atoms with Crippen LogP contribution in [0.25, 0.3) is 11.0 Å². The number of nitrogens with zero attached hydrogens (tertiary/aromatic N) is 3. The van der Waals surface area contributed by atoms with Gasteiger partial charge < -0.3 is 9.72 Å². The van der Waals surface area contributed by atoms with Gasteiger partial charge in [0.05, 0.1) is 18.8 Å². The molecule has 0 spiro atoms. The van der Waals surface area contributed by atoms with E-state index < -0.39 is 0 Å². The molecule has 1 aliphatic heterocycles. The molecule has 2 fully saturated rings. The standard InChI is InChI=1S/C17H24N4O2/c22-17-14-10-18-21(13-7-4-8-23-11-13)16(14)19-15(20-17)9-12-5-2-1-3-6-12/h10,12-13H,1-9,11H2,(H,19,20,22). The molecule has 4 rings (SSSR count). The fraction of sp³-hybridized carbons (Fsp3) is 0.706. The van der Waals surface area contributed by atoms with Crippen molar-refractivity contribution in [3.05, 3.63) is 22.4 Å². The molecule has 2 aromatic rings. The zero-order valence-electron chi connectivity index (χ0n) is 13.5. The molecule has 0 aromatic carbocycles. The van der Waals surface area contributed by atoms with Gasteiger partial charge in [-0.05, 0) is 18.8 Å². The fourth-order valence-electron chi connectivity index (χ4n) is 3.93.